The molecule has 0 spiro atoms. The van der Waals surface area contributed by atoms with Crippen LogP contribution in [0.5, 0.6) is 0 Å². The summed E-state index contributed by atoms with van der Waals surface area (Å²) in [6.07, 6.45) is -3.13. The van der Waals surface area contributed by atoms with Gasteiger partial charge in [0.25, 0.3) is 0 Å². The molecule has 17 heavy (non-hydrogen) atoms. The highest BCUT2D eigenvalue weighted by Gasteiger charge is 2.54. The zero-order valence-corrected chi connectivity index (χ0v) is 9.92. The highest BCUT2D eigenvalue weighted by Crippen LogP contribution is 2.33. The van der Waals surface area contributed by atoms with Gasteiger partial charge in [0.15, 0.2) is 0 Å². The summed E-state index contributed by atoms with van der Waals surface area (Å²) in [5, 5.41) is 38.3. The van der Waals surface area contributed by atoms with Crippen molar-refractivity contribution < 1.29 is 29.6 Å². The van der Waals surface area contributed by atoms with Crippen molar-refractivity contribution in [3.8, 4) is 0 Å². The van der Waals surface area contributed by atoms with Gasteiger partial charge in [0.05, 0.1) is 12.7 Å². The quantitative estimate of drug-likeness (QED) is 0.522. The smallest absolute Gasteiger partial charge is 0.147 e. The summed E-state index contributed by atoms with van der Waals surface area (Å²) in [5.41, 5.74) is -2.10. The van der Waals surface area contributed by atoms with Crippen LogP contribution in [-0.4, -0.2) is 63.7 Å². The van der Waals surface area contributed by atoms with Crippen LogP contribution < -0.4 is 0 Å². The Labute approximate surface area is 99.8 Å². The zero-order chi connectivity index (χ0) is 13.1. The van der Waals surface area contributed by atoms with Gasteiger partial charge in [-0.3, -0.25) is 0 Å². The number of rotatable bonds is 5. The Morgan fingerprint density at radius 2 is 2.00 bits per heavy atom. The van der Waals surface area contributed by atoms with Crippen molar-refractivity contribution in [2.45, 2.75) is 56.2 Å². The number of ether oxygens (including phenoxy) is 1. The van der Waals surface area contributed by atoms with Crippen molar-refractivity contribution >= 4 is 0 Å². The van der Waals surface area contributed by atoms with E-state index in [2.05, 4.69) is 0 Å². The first kappa shape index (κ1) is 14.8. The second-order valence-electron chi connectivity index (χ2n) is 4.55. The third-order valence-corrected chi connectivity index (χ3v) is 3.33. The minimum absolute atomic E-state index is 0.372. The number of aliphatic hydroxyl groups excluding tert-OH is 3. The highest BCUT2D eigenvalue weighted by molar-refractivity contribution is 5.03. The minimum atomic E-state index is -2.10. The average Bonchev–Trinajstić information content (AvgIpc) is 2.35. The van der Waals surface area contributed by atoms with Crippen LogP contribution in [0.4, 0.5) is 4.39 Å². The largest absolute Gasteiger partial charge is 0.394 e. The molecule has 0 aromatic carbocycles. The second kappa shape index (κ2) is 6.06. The van der Waals surface area contributed by atoms with Crippen LogP contribution in [0.15, 0.2) is 0 Å². The van der Waals surface area contributed by atoms with E-state index in [-0.39, 0.29) is 0 Å². The van der Waals surface area contributed by atoms with E-state index in [1.807, 2.05) is 6.92 Å². The van der Waals surface area contributed by atoms with Gasteiger partial charge >= 0.3 is 0 Å². The summed E-state index contributed by atoms with van der Waals surface area (Å²) in [7, 11) is 0. The third-order valence-electron chi connectivity index (χ3n) is 3.33. The third kappa shape index (κ3) is 2.77. The molecule has 0 amide bonds. The SMILES string of the molecule is CCCCC1OC(CO)C(O)C(O)C1(O)CF. The van der Waals surface area contributed by atoms with E-state index in [9.17, 15) is 19.7 Å². The predicted octanol–water partition coefficient (Wildman–Crippen LogP) is -0.641. The van der Waals surface area contributed by atoms with Gasteiger partial charge in [-0.2, -0.15) is 0 Å². The first-order valence-corrected chi connectivity index (χ1v) is 5.92. The van der Waals surface area contributed by atoms with E-state index >= 15 is 0 Å². The molecule has 1 aliphatic heterocycles. The van der Waals surface area contributed by atoms with Crippen molar-refractivity contribution in [1.29, 1.82) is 0 Å². The normalized spacial score (nSPS) is 42.7. The summed E-state index contributed by atoms with van der Waals surface area (Å²) in [6, 6.07) is 0. The molecule has 0 saturated carbocycles. The van der Waals surface area contributed by atoms with E-state index < -0.39 is 43.3 Å². The van der Waals surface area contributed by atoms with E-state index in [1.165, 1.54) is 0 Å². The standard InChI is InChI=1S/C11H21FO5/c1-2-3-4-8-11(16,6-12)10(15)9(14)7(5-13)17-8/h7-10,13-16H,2-6H2,1H3. The summed E-state index contributed by atoms with van der Waals surface area (Å²) < 4.78 is 18.2. The van der Waals surface area contributed by atoms with Gasteiger partial charge < -0.3 is 25.2 Å². The lowest BCUT2D eigenvalue weighted by atomic mass is 9.81. The number of hydrogen-bond acceptors (Lipinski definition) is 5. The highest BCUT2D eigenvalue weighted by atomic mass is 19.1. The lowest BCUT2D eigenvalue weighted by Gasteiger charge is -2.47. The first-order chi connectivity index (χ1) is 8.01. The number of halogens is 1. The van der Waals surface area contributed by atoms with Gasteiger partial charge in [-0.05, 0) is 6.42 Å². The van der Waals surface area contributed by atoms with Gasteiger partial charge in [-0.25, -0.2) is 4.39 Å². The van der Waals surface area contributed by atoms with Crippen LogP contribution in [-0.2, 0) is 4.74 Å². The molecule has 1 aliphatic rings. The van der Waals surface area contributed by atoms with Crippen molar-refractivity contribution in [2.75, 3.05) is 13.3 Å². The topological polar surface area (TPSA) is 90.2 Å². The lowest BCUT2D eigenvalue weighted by Crippen LogP contribution is -2.67. The molecule has 6 heteroatoms. The molecule has 5 atom stereocenters. The summed E-state index contributed by atoms with van der Waals surface area (Å²) in [4.78, 5) is 0. The predicted molar refractivity (Wildman–Crippen MR) is 58.2 cm³/mol. The molecule has 102 valence electrons. The maximum atomic E-state index is 12.9. The lowest BCUT2D eigenvalue weighted by molar-refractivity contribution is -0.279. The van der Waals surface area contributed by atoms with Gasteiger partial charge in [0.2, 0.25) is 0 Å². The molecule has 1 rings (SSSR count). The minimum Gasteiger partial charge on any atom is -0.394 e. The van der Waals surface area contributed by atoms with Crippen molar-refractivity contribution in [3.63, 3.8) is 0 Å². The van der Waals surface area contributed by atoms with Crippen LogP contribution in [0.3, 0.4) is 0 Å². The Balaban J connectivity index is 2.83. The number of alkyl halides is 1. The van der Waals surface area contributed by atoms with Gasteiger partial charge in [0.1, 0.15) is 30.6 Å². The van der Waals surface area contributed by atoms with Crippen molar-refractivity contribution in [2.24, 2.45) is 0 Å². The van der Waals surface area contributed by atoms with Crippen LogP contribution in [0.25, 0.3) is 0 Å². The molecule has 4 N–H and O–H groups in total. The van der Waals surface area contributed by atoms with E-state index in [0.29, 0.717) is 12.8 Å². The summed E-state index contributed by atoms with van der Waals surface area (Å²) in [6.45, 7) is 0.257. The Morgan fingerprint density at radius 1 is 1.35 bits per heavy atom. The Morgan fingerprint density at radius 3 is 2.47 bits per heavy atom. The Kier molecular flexibility index (Phi) is 5.27. The molecule has 0 aromatic heterocycles. The number of hydrogen-bond donors (Lipinski definition) is 4. The molecule has 1 heterocycles. The molecule has 0 radical (unpaired) electrons. The molecule has 0 aromatic rings. The van der Waals surface area contributed by atoms with E-state index in [1.54, 1.807) is 0 Å². The van der Waals surface area contributed by atoms with E-state index in [0.717, 1.165) is 6.42 Å². The van der Waals surface area contributed by atoms with Crippen molar-refractivity contribution in [3.05, 3.63) is 0 Å². The summed E-state index contributed by atoms with van der Waals surface area (Å²) >= 11 is 0. The molecule has 1 fully saturated rings. The maximum absolute atomic E-state index is 12.9. The monoisotopic (exact) mass is 252 g/mol. The maximum Gasteiger partial charge on any atom is 0.147 e. The molecular formula is C11H21FO5. The molecule has 1 saturated heterocycles. The fraction of sp³-hybridized carbons (Fsp3) is 1.00. The number of aliphatic hydroxyl groups is 4. The molecule has 0 aliphatic carbocycles. The fourth-order valence-electron chi connectivity index (χ4n) is 2.12. The zero-order valence-electron chi connectivity index (χ0n) is 9.92. The Bertz CT molecular complexity index is 240. The van der Waals surface area contributed by atoms with Crippen LogP contribution in [0, 0.1) is 0 Å². The summed E-state index contributed by atoms with van der Waals surface area (Å²) in [5.74, 6) is 0. The van der Waals surface area contributed by atoms with E-state index in [4.69, 9.17) is 9.84 Å². The van der Waals surface area contributed by atoms with Gasteiger partial charge in [-0.1, -0.05) is 19.8 Å². The molecule has 5 nitrogen and oxygen atoms in total. The van der Waals surface area contributed by atoms with Crippen LogP contribution >= 0.6 is 0 Å². The fourth-order valence-corrected chi connectivity index (χ4v) is 2.12. The van der Waals surface area contributed by atoms with Crippen LogP contribution in [0.1, 0.15) is 26.2 Å². The average molecular weight is 252 g/mol. The van der Waals surface area contributed by atoms with Gasteiger partial charge in [-0.15, -0.1) is 0 Å². The number of unbranched alkanes of at least 4 members (excludes halogenated alkanes) is 1. The second-order valence-corrected chi connectivity index (χ2v) is 4.55. The first-order valence-electron chi connectivity index (χ1n) is 5.92. The van der Waals surface area contributed by atoms with Crippen molar-refractivity contribution in [1.82, 2.24) is 0 Å². The molecule has 5 unspecified atom stereocenters. The van der Waals surface area contributed by atoms with Crippen LogP contribution in [0.2, 0.25) is 0 Å². The molecule has 0 bridgehead atoms. The molecular weight excluding hydrogens is 231 g/mol. The van der Waals surface area contributed by atoms with Gasteiger partial charge in [0, 0.05) is 0 Å². The Hall–Kier alpha value is -0.270.